The molecule has 1 aliphatic rings. The number of amides is 1. The second-order valence-electron chi connectivity index (χ2n) is 6.62. The average molecular weight is 358 g/mol. The first-order valence-electron chi connectivity index (χ1n) is 9.31. The van der Waals surface area contributed by atoms with E-state index in [-0.39, 0.29) is 6.09 Å². The summed E-state index contributed by atoms with van der Waals surface area (Å²) in [6.07, 6.45) is 5.23. The minimum Gasteiger partial charge on any atom is -0.493 e. The Morgan fingerprint density at radius 1 is 1.23 bits per heavy atom. The van der Waals surface area contributed by atoms with Gasteiger partial charge in [-0.15, -0.1) is 0 Å². The Morgan fingerprint density at radius 3 is 2.65 bits per heavy atom. The highest BCUT2D eigenvalue weighted by Gasteiger charge is 2.24. The number of benzene rings is 1. The molecule has 6 heteroatoms. The molecule has 1 aromatic carbocycles. The van der Waals surface area contributed by atoms with Crippen molar-refractivity contribution < 1.29 is 18.8 Å². The van der Waals surface area contributed by atoms with Crippen molar-refractivity contribution in [2.24, 2.45) is 5.92 Å². The summed E-state index contributed by atoms with van der Waals surface area (Å²) in [4.78, 5) is 13.8. The number of likely N-dealkylation sites (tertiary alicyclic amines) is 1. The molecule has 26 heavy (non-hydrogen) atoms. The number of aromatic nitrogens is 1. The number of rotatable bonds is 7. The number of nitrogens with zero attached hydrogens (tertiary/aromatic N) is 2. The SMILES string of the molecule is CCCCOC(=O)N1CCC(COc2ccc(-c3ccon3)cc2)CC1. The smallest absolute Gasteiger partial charge is 0.409 e. The van der Waals surface area contributed by atoms with Crippen LogP contribution in [0.4, 0.5) is 4.79 Å². The first-order chi connectivity index (χ1) is 12.8. The summed E-state index contributed by atoms with van der Waals surface area (Å²) >= 11 is 0. The molecule has 0 atom stereocenters. The van der Waals surface area contributed by atoms with Gasteiger partial charge in [-0.1, -0.05) is 18.5 Å². The van der Waals surface area contributed by atoms with Crippen molar-refractivity contribution in [3.8, 4) is 17.0 Å². The highest BCUT2D eigenvalue weighted by molar-refractivity contribution is 5.67. The van der Waals surface area contributed by atoms with Gasteiger partial charge < -0.3 is 18.9 Å². The van der Waals surface area contributed by atoms with Crippen LogP contribution in [0.1, 0.15) is 32.6 Å². The molecule has 140 valence electrons. The van der Waals surface area contributed by atoms with Gasteiger partial charge in [-0.2, -0.15) is 0 Å². The van der Waals surface area contributed by atoms with E-state index in [2.05, 4.69) is 12.1 Å². The Balaban J connectivity index is 1.39. The Hall–Kier alpha value is -2.50. The fraction of sp³-hybridized carbons (Fsp3) is 0.500. The molecule has 1 fully saturated rings. The van der Waals surface area contributed by atoms with Crippen LogP contribution in [0.25, 0.3) is 11.3 Å². The molecule has 0 saturated carbocycles. The predicted octanol–water partition coefficient (Wildman–Crippen LogP) is 4.37. The first kappa shape index (κ1) is 18.3. The van der Waals surface area contributed by atoms with E-state index in [0.717, 1.165) is 55.8 Å². The van der Waals surface area contributed by atoms with E-state index < -0.39 is 0 Å². The van der Waals surface area contributed by atoms with E-state index in [0.29, 0.717) is 19.1 Å². The lowest BCUT2D eigenvalue weighted by Crippen LogP contribution is -2.40. The van der Waals surface area contributed by atoms with Crippen LogP contribution < -0.4 is 4.74 Å². The van der Waals surface area contributed by atoms with Crippen molar-refractivity contribution in [2.45, 2.75) is 32.6 Å². The standard InChI is InChI=1S/C20H26N2O4/c1-2-3-13-24-20(23)22-11-8-16(9-12-22)15-25-18-6-4-17(5-7-18)19-10-14-26-21-19/h4-7,10,14,16H,2-3,8-9,11-13,15H2,1H3. The Morgan fingerprint density at radius 2 is 2.00 bits per heavy atom. The molecule has 6 nitrogen and oxygen atoms in total. The molecular formula is C20H26N2O4. The summed E-state index contributed by atoms with van der Waals surface area (Å²) in [5.74, 6) is 1.31. The third kappa shape index (κ3) is 5.00. The van der Waals surface area contributed by atoms with Gasteiger partial charge in [-0.05, 0) is 49.4 Å². The Bertz CT molecular complexity index is 662. The maximum Gasteiger partial charge on any atom is 0.409 e. The minimum absolute atomic E-state index is 0.179. The number of hydrogen-bond acceptors (Lipinski definition) is 5. The van der Waals surface area contributed by atoms with Gasteiger partial charge in [0, 0.05) is 24.7 Å². The van der Waals surface area contributed by atoms with Crippen LogP contribution >= 0.6 is 0 Å². The normalized spacial score (nSPS) is 15.0. The molecule has 1 amide bonds. The molecule has 0 aliphatic carbocycles. The molecule has 2 aromatic rings. The van der Waals surface area contributed by atoms with E-state index in [1.165, 1.54) is 0 Å². The number of unbranched alkanes of at least 4 members (excludes halogenated alkanes) is 1. The van der Waals surface area contributed by atoms with Crippen molar-refractivity contribution in [2.75, 3.05) is 26.3 Å². The van der Waals surface area contributed by atoms with Crippen molar-refractivity contribution >= 4 is 6.09 Å². The largest absolute Gasteiger partial charge is 0.493 e. The molecule has 2 heterocycles. The zero-order chi connectivity index (χ0) is 18.2. The Labute approximate surface area is 154 Å². The van der Waals surface area contributed by atoms with Gasteiger partial charge in [-0.25, -0.2) is 4.79 Å². The number of piperidine rings is 1. The second-order valence-corrected chi connectivity index (χ2v) is 6.62. The van der Waals surface area contributed by atoms with Gasteiger partial charge in [0.15, 0.2) is 0 Å². The number of hydrogen-bond donors (Lipinski definition) is 0. The number of carbonyl (C=O) groups excluding carboxylic acids is 1. The summed E-state index contributed by atoms with van der Waals surface area (Å²) in [5.41, 5.74) is 1.82. The quantitative estimate of drug-likeness (QED) is 0.688. The summed E-state index contributed by atoms with van der Waals surface area (Å²) in [6.45, 7) is 4.75. The fourth-order valence-corrected chi connectivity index (χ4v) is 2.97. The predicted molar refractivity (Wildman–Crippen MR) is 98.0 cm³/mol. The van der Waals surface area contributed by atoms with Gasteiger partial charge >= 0.3 is 6.09 Å². The van der Waals surface area contributed by atoms with E-state index in [4.69, 9.17) is 14.0 Å². The molecule has 0 radical (unpaired) electrons. The van der Waals surface area contributed by atoms with Gasteiger partial charge in [0.05, 0.1) is 13.2 Å². The fourth-order valence-electron chi connectivity index (χ4n) is 2.97. The van der Waals surface area contributed by atoms with Crippen LogP contribution in [0.5, 0.6) is 5.75 Å². The first-order valence-corrected chi connectivity index (χ1v) is 9.31. The van der Waals surface area contributed by atoms with Crippen molar-refractivity contribution in [1.82, 2.24) is 10.1 Å². The van der Waals surface area contributed by atoms with Crippen LogP contribution in [0.3, 0.4) is 0 Å². The van der Waals surface area contributed by atoms with Crippen molar-refractivity contribution in [3.05, 3.63) is 36.6 Å². The molecule has 3 rings (SSSR count). The summed E-state index contributed by atoms with van der Waals surface area (Å²) in [6, 6.07) is 9.68. The Kier molecular flexibility index (Phi) is 6.52. The van der Waals surface area contributed by atoms with Crippen LogP contribution in [0.2, 0.25) is 0 Å². The lowest BCUT2D eigenvalue weighted by Gasteiger charge is -2.31. The van der Waals surface area contributed by atoms with E-state index >= 15 is 0 Å². The molecule has 1 aliphatic heterocycles. The topological polar surface area (TPSA) is 64.8 Å². The highest BCUT2D eigenvalue weighted by Crippen LogP contribution is 2.23. The summed E-state index contributed by atoms with van der Waals surface area (Å²) < 4.78 is 16.0. The van der Waals surface area contributed by atoms with E-state index in [9.17, 15) is 4.79 Å². The molecular weight excluding hydrogens is 332 g/mol. The monoisotopic (exact) mass is 358 g/mol. The molecule has 1 saturated heterocycles. The lowest BCUT2D eigenvalue weighted by molar-refractivity contribution is 0.0800. The molecule has 0 unspecified atom stereocenters. The third-order valence-corrected chi connectivity index (χ3v) is 4.67. The average Bonchev–Trinajstić information content (AvgIpc) is 3.22. The van der Waals surface area contributed by atoms with Crippen molar-refractivity contribution in [1.29, 1.82) is 0 Å². The number of carbonyl (C=O) groups is 1. The lowest BCUT2D eigenvalue weighted by atomic mass is 9.98. The maximum absolute atomic E-state index is 11.9. The van der Waals surface area contributed by atoms with E-state index in [1.807, 2.05) is 30.3 Å². The molecule has 0 N–H and O–H groups in total. The number of ether oxygens (including phenoxy) is 2. The molecule has 0 spiro atoms. The third-order valence-electron chi connectivity index (χ3n) is 4.67. The summed E-state index contributed by atoms with van der Waals surface area (Å²) in [7, 11) is 0. The van der Waals surface area contributed by atoms with Crippen LogP contribution in [0.15, 0.2) is 41.1 Å². The minimum atomic E-state index is -0.179. The van der Waals surface area contributed by atoms with Gasteiger partial charge in [0.1, 0.15) is 17.7 Å². The zero-order valence-corrected chi connectivity index (χ0v) is 15.2. The van der Waals surface area contributed by atoms with Crippen LogP contribution in [0, 0.1) is 5.92 Å². The van der Waals surface area contributed by atoms with Crippen LogP contribution in [-0.4, -0.2) is 42.5 Å². The second kappa shape index (κ2) is 9.27. The van der Waals surface area contributed by atoms with Crippen molar-refractivity contribution in [3.63, 3.8) is 0 Å². The highest BCUT2D eigenvalue weighted by atomic mass is 16.6. The van der Waals surface area contributed by atoms with Gasteiger partial charge in [-0.3, -0.25) is 0 Å². The summed E-state index contributed by atoms with van der Waals surface area (Å²) in [5, 5.41) is 3.92. The maximum atomic E-state index is 11.9. The zero-order valence-electron chi connectivity index (χ0n) is 15.2. The van der Waals surface area contributed by atoms with Gasteiger partial charge in [0.25, 0.3) is 0 Å². The molecule has 1 aromatic heterocycles. The van der Waals surface area contributed by atoms with E-state index in [1.54, 1.807) is 11.2 Å². The molecule has 0 bridgehead atoms. The van der Waals surface area contributed by atoms with Gasteiger partial charge in [0.2, 0.25) is 0 Å². The van der Waals surface area contributed by atoms with Crippen LogP contribution in [-0.2, 0) is 4.74 Å².